The molecule has 9 nitrogen and oxygen atoms in total. The van der Waals surface area contributed by atoms with Crippen molar-refractivity contribution >= 4 is 17.8 Å². The molecule has 2 heterocycles. The highest BCUT2D eigenvalue weighted by molar-refractivity contribution is 5.91. The first kappa shape index (κ1) is 30.9. The Morgan fingerprint density at radius 3 is 2.02 bits per heavy atom. The zero-order chi connectivity index (χ0) is 32.0. The Bertz CT molecular complexity index is 1600. The third-order valence-electron chi connectivity index (χ3n) is 8.89. The molecule has 0 aliphatic carbocycles. The first-order valence-corrected chi connectivity index (χ1v) is 15.7. The molecule has 4 aromatic carbocycles. The van der Waals surface area contributed by atoms with E-state index in [1.807, 2.05) is 71.6 Å². The minimum atomic E-state index is -0.805. The predicted octanol–water partition coefficient (Wildman–Crippen LogP) is 4.59. The van der Waals surface area contributed by atoms with Crippen LogP contribution in [-0.2, 0) is 22.6 Å². The quantitative estimate of drug-likeness (QED) is 0.287. The zero-order valence-corrected chi connectivity index (χ0v) is 25.9. The highest BCUT2D eigenvalue weighted by Gasteiger charge is 2.50. The predicted molar refractivity (Wildman–Crippen MR) is 175 cm³/mol. The maximum Gasteiger partial charge on any atom is 0.334 e. The number of nitrogens with one attached hydrogen (secondary N) is 1. The average Bonchev–Trinajstić information content (AvgIpc) is 3.08. The Morgan fingerprint density at radius 1 is 0.826 bits per heavy atom. The lowest BCUT2D eigenvalue weighted by Crippen LogP contribution is -2.76. The van der Waals surface area contributed by atoms with Gasteiger partial charge in [0.15, 0.2) is 0 Å². The summed E-state index contributed by atoms with van der Waals surface area (Å²) >= 11 is 0. The maximum absolute atomic E-state index is 14.3. The van der Waals surface area contributed by atoms with Gasteiger partial charge in [0.2, 0.25) is 11.8 Å². The molecule has 46 heavy (non-hydrogen) atoms. The van der Waals surface area contributed by atoms with Crippen LogP contribution in [0.25, 0.3) is 0 Å². The molecule has 2 saturated heterocycles. The fraction of sp³-hybridized carbons (Fsp3) is 0.270. The highest BCUT2D eigenvalue weighted by Crippen LogP contribution is 2.32. The number of hydrogen-bond donors (Lipinski definition) is 2. The number of benzene rings is 4. The smallest absolute Gasteiger partial charge is 0.334 e. The van der Waals surface area contributed by atoms with Gasteiger partial charge in [-0.2, -0.15) is 0 Å². The van der Waals surface area contributed by atoms with Crippen LogP contribution in [0.4, 0.5) is 4.79 Å². The number of nitrogens with zero attached hydrogens (tertiary/aromatic N) is 4. The number of hydrazine groups is 1. The number of urea groups is 1. The number of phenolic OH excluding ortho intramolecular Hbond substituents is 1. The van der Waals surface area contributed by atoms with Crippen LogP contribution in [0, 0.1) is 0 Å². The van der Waals surface area contributed by atoms with E-state index in [9.17, 15) is 19.5 Å². The van der Waals surface area contributed by atoms with Crippen molar-refractivity contribution in [1.29, 1.82) is 0 Å². The number of hydrogen-bond acceptors (Lipinski definition) is 5. The fourth-order valence-corrected chi connectivity index (χ4v) is 6.60. The Labute approximate surface area is 269 Å². The van der Waals surface area contributed by atoms with Crippen LogP contribution in [-0.4, -0.2) is 81.7 Å². The van der Waals surface area contributed by atoms with Gasteiger partial charge in [-0.3, -0.25) is 9.59 Å². The van der Waals surface area contributed by atoms with Crippen LogP contribution in [0.3, 0.4) is 0 Å². The van der Waals surface area contributed by atoms with Gasteiger partial charge in [-0.05, 0) is 40.8 Å². The van der Waals surface area contributed by atoms with Crippen molar-refractivity contribution < 1.29 is 19.5 Å². The van der Waals surface area contributed by atoms with E-state index in [0.717, 1.165) is 22.3 Å². The number of fused-ring (bicyclic) bond motifs is 1. The molecule has 2 fully saturated rings. The van der Waals surface area contributed by atoms with Crippen molar-refractivity contribution in [2.24, 2.45) is 0 Å². The van der Waals surface area contributed by atoms with Gasteiger partial charge in [-0.25, -0.2) is 14.8 Å². The molecule has 4 amide bonds. The van der Waals surface area contributed by atoms with Crippen LogP contribution < -0.4 is 5.32 Å². The Balaban J connectivity index is 1.30. The Kier molecular flexibility index (Phi) is 9.30. The minimum absolute atomic E-state index is 0.0291. The molecular weight excluding hydrogens is 578 g/mol. The molecule has 2 N–H and O–H groups in total. The molecule has 6 rings (SSSR count). The summed E-state index contributed by atoms with van der Waals surface area (Å²) in [5.74, 6) is -0.165. The molecule has 0 radical (unpaired) electrons. The van der Waals surface area contributed by atoms with Crippen LogP contribution in [0.2, 0.25) is 0 Å². The van der Waals surface area contributed by atoms with Crippen molar-refractivity contribution in [1.82, 2.24) is 25.1 Å². The number of aromatic hydroxyl groups is 1. The first-order valence-electron chi connectivity index (χ1n) is 15.7. The average molecular weight is 618 g/mol. The van der Waals surface area contributed by atoms with Crippen molar-refractivity contribution in [3.8, 4) is 5.75 Å². The second-order valence-electron chi connectivity index (χ2n) is 11.9. The van der Waals surface area contributed by atoms with E-state index in [1.165, 1.54) is 0 Å². The first-order chi connectivity index (χ1) is 22.4. The van der Waals surface area contributed by atoms with E-state index in [0.29, 0.717) is 19.5 Å². The molecular formula is C37H39N5O4. The van der Waals surface area contributed by atoms with Crippen LogP contribution in [0.1, 0.15) is 34.6 Å². The number of carbonyl (C=O) groups is 3. The van der Waals surface area contributed by atoms with Gasteiger partial charge < -0.3 is 20.2 Å². The Morgan fingerprint density at radius 2 is 1.41 bits per heavy atom. The van der Waals surface area contributed by atoms with E-state index in [1.54, 1.807) is 46.2 Å². The largest absolute Gasteiger partial charge is 0.508 e. The number of piperazine rings is 1. The van der Waals surface area contributed by atoms with Crippen LogP contribution >= 0.6 is 0 Å². The molecule has 9 heteroatoms. The normalized spacial score (nSPS) is 18.5. The van der Waals surface area contributed by atoms with Gasteiger partial charge in [-0.15, -0.1) is 0 Å². The van der Waals surface area contributed by atoms with Crippen molar-refractivity contribution in [3.05, 3.63) is 138 Å². The molecule has 2 atom stereocenters. The van der Waals surface area contributed by atoms with Gasteiger partial charge in [0.1, 0.15) is 18.0 Å². The fourth-order valence-electron chi connectivity index (χ4n) is 6.60. The van der Waals surface area contributed by atoms with E-state index in [2.05, 4.69) is 29.6 Å². The van der Waals surface area contributed by atoms with Crippen LogP contribution in [0.5, 0.6) is 5.75 Å². The van der Waals surface area contributed by atoms with Crippen molar-refractivity contribution in [3.63, 3.8) is 0 Å². The van der Waals surface area contributed by atoms with Gasteiger partial charge in [0.05, 0.1) is 13.1 Å². The SMILES string of the molecule is CN1CC(=O)N2[C@@H](Cc3ccc(O)cc3)C(=O)N(CCC(c3ccccc3)c3ccccc3)C[C@@H]2N1C(=O)NCc1ccccc1. The summed E-state index contributed by atoms with van der Waals surface area (Å²) in [6.07, 6.45) is 0.248. The van der Waals surface area contributed by atoms with Crippen molar-refractivity contribution in [2.45, 2.75) is 37.5 Å². The molecule has 0 spiro atoms. The number of amides is 4. The molecule has 2 aliphatic heterocycles. The van der Waals surface area contributed by atoms with Gasteiger partial charge in [-0.1, -0.05) is 103 Å². The number of likely N-dealkylation sites (N-methyl/N-ethyl adjacent to an activating group) is 1. The lowest BCUT2D eigenvalue weighted by Gasteiger charge is -2.54. The zero-order valence-electron chi connectivity index (χ0n) is 25.9. The minimum Gasteiger partial charge on any atom is -0.508 e. The Hall–Kier alpha value is -5.15. The monoisotopic (exact) mass is 617 g/mol. The summed E-state index contributed by atoms with van der Waals surface area (Å²) < 4.78 is 0. The second kappa shape index (κ2) is 13.9. The summed E-state index contributed by atoms with van der Waals surface area (Å²) in [5.41, 5.74) is 4.10. The van der Waals surface area contributed by atoms with Gasteiger partial charge in [0, 0.05) is 32.5 Å². The molecule has 0 saturated carbocycles. The summed E-state index contributed by atoms with van der Waals surface area (Å²) in [6.45, 7) is 0.940. The molecule has 2 aliphatic rings. The summed E-state index contributed by atoms with van der Waals surface area (Å²) in [7, 11) is 1.73. The maximum atomic E-state index is 14.3. The van der Waals surface area contributed by atoms with E-state index >= 15 is 0 Å². The number of rotatable bonds is 9. The molecule has 0 unspecified atom stereocenters. The van der Waals surface area contributed by atoms with E-state index < -0.39 is 12.2 Å². The lowest BCUT2D eigenvalue weighted by molar-refractivity contribution is -0.187. The standard InChI is InChI=1S/C37H39N5O4/c1-39-26-35(44)41-33(23-27-17-19-31(43)20-18-27)36(45)40(25-34(41)42(39)37(46)38-24-28-11-5-2-6-12-28)22-21-32(29-13-7-3-8-14-29)30-15-9-4-10-16-30/h2-20,32-34,43H,21-26H2,1H3,(H,38,46)/t33-,34-/m0/s1. The van der Waals surface area contributed by atoms with Gasteiger partial charge in [0.25, 0.3) is 0 Å². The molecule has 0 aromatic heterocycles. The summed E-state index contributed by atoms with van der Waals surface area (Å²) in [6, 6.07) is 35.7. The summed E-state index contributed by atoms with van der Waals surface area (Å²) in [5, 5.41) is 16.1. The number of phenols is 1. The van der Waals surface area contributed by atoms with E-state index in [4.69, 9.17) is 0 Å². The lowest BCUT2D eigenvalue weighted by atomic mass is 9.88. The third kappa shape index (κ3) is 6.74. The van der Waals surface area contributed by atoms with Crippen LogP contribution in [0.15, 0.2) is 115 Å². The molecule has 0 bridgehead atoms. The summed E-state index contributed by atoms with van der Waals surface area (Å²) in [4.78, 5) is 45.1. The topological polar surface area (TPSA) is 96.4 Å². The molecule has 236 valence electrons. The highest BCUT2D eigenvalue weighted by atomic mass is 16.3. The number of carbonyl (C=O) groups excluding carboxylic acids is 3. The second-order valence-corrected chi connectivity index (χ2v) is 11.9. The third-order valence-corrected chi connectivity index (χ3v) is 8.89. The molecule has 4 aromatic rings. The van der Waals surface area contributed by atoms with Gasteiger partial charge >= 0.3 is 6.03 Å². The van der Waals surface area contributed by atoms with E-state index in [-0.39, 0.29) is 49.0 Å². The van der Waals surface area contributed by atoms with Crippen molar-refractivity contribution in [2.75, 3.05) is 26.7 Å².